The number of aromatic nitrogens is 4. The van der Waals surface area contributed by atoms with E-state index in [9.17, 15) is 26.9 Å². The zero-order chi connectivity index (χ0) is 25.2. The Morgan fingerprint density at radius 1 is 1.14 bits per heavy atom. The largest absolute Gasteiger partial charge is 0.591 e. The Bertz CT molecular complexity index is 1180. The Kier molecular flexibility index (Phi) is 7.28. The van der Waals surface area contributed by atoms with Crippen molar-refractivity contribution in [3.05, 3.63) is 66.3 Å². The van der Waals surface area contributed by atoms with E-state index in [2.05, 4.69) is 25.3 Å². The number of carbonyl (C=O) groups excluding carboxylic acids is 1. The monoisotopic (exact) mass is 508 g/mol. The van der Waals surface area contributed by atoms with Crippen molar-refractivity contribution in [2.45, 2.75) is 49.6 Å². The summed E-state index contributed by atoms with van der Waals surface area (Å²) in [6.45, 7) is 1.98. The molecule has 1 fully saturated rings. The molecule has 4 rings (SSSR count). The van der Waals surface area contributed by atoms with E-state index in [1.807, 2.05) is 6.92 Å². The van der Waals surface area contributed by atoms with Crippen LogP contribution in [0.25, 0.3) is 11.3 Å². The molecule has 0 radical (unpaired) electrons. The summed E-state index contributed by atoms with van der Waals surface area (Å²) in [6.07, 6.45) is 1.02. The average Bonchev–Trinajstić information content (AvgIpc) is 3.23. The number of amides is 1. The lowest BCUT2D eigenvalue weighted by atomic mass is 10.1. The lowest BCUT2D eigenvalue weighted by molar-refractivity contribution is -0.145. The molecule has 13 heteroatoms. The van der Waals surface area contributed by atoms with Crippen LogP contribution in [0.2, 0.25) is 0 Å². The van der Waals surface area contributed by atoms with Gasteiger partial charge in [-0.1, -0.05) is 0 Å². The summed E-state index contributed by atoms with van der Waals surface area (Å²) < 4.78 is 65.8. The Morgan fingerprint density at radius 2 is 1.89 bits per heavy atom. The molecule has 184 valence electrons. The first-order valence-electron chi connectivity index (χ1n) is 10.6. The number of pyridine rings is 2. The van der Waals surface area contributed by atoms with Gasteiger partial charge in [-0.15, -0.1) is 4.31 Å². The molecular formula is C22H20F4N6O2S. The minimum Gasteiger partial charge on any atom is -0.591 e. The van der Waals surface area contributed by atoms with Gasteiger partial charge >= 0.3 is 6.18 Å². The van der Waals surface area contributed by atoms with Crippen LogP contribution in [0.15, 0.2) is 54.1 Å². The zero-order valence-electron chi connectivity index (χ0n) is 18.4. The number of alkyl halides is 3. The van der Waals surface area contributed by atoms with Crippen LogP contribution in [-0.4, -0.2) is 46.8 Å². The van der Waals surface area contributed by atoms with Crippen molar-refractivity contribution in [3.63, 3.8) is 0 Å². The molecule has 1 aliphatic heterocycles. The fraction of sp³-hybridized carbons (Fsp3) is 0.318. The third-order valence-electron chi connectivity index (χ3n) is 5.47. The second-order valence-electron chi connectivity index (χ2n) is 7.93. The third kappa shape index (κ3) is 5.74. The van der Waals surface area contributed by atoms with E-state index in [1.54, 1.807) is 16.4 Å². The summed E-state index contributed by atoms with van der Waals surface area (Å²) in [6, 6.07) is 4.95. The summed E-state index contributed by atoms with van der Waals surface area (Å²) >= 11 is -1.74. The molecule has 1 aliphatic rings. The number of hydrogen-bond acceptors (Lipinski definition) is 7. The maximum Gasteiger partial charge on any atom is 0.451 e. The van der Waals surface area contributed by atoms with Crippen LogP contribution in [0.3, 0.4) is 0 Å². The zero-order valence-corrected chi connectivity index (χ0v) is 19.2. The molecule has 0 aromatic carbocycles. The molecule has 1 amide bonds. The molecular weight excluding hydrogens is 488 g/mol. The first kappa shape index (κ1) is 24.9. The van der Waals surface area contributed by atoms with Gasteiger partial charge in [0.15, 0.2) is 0 Å². The normalized spacial score (nSPS) is 19.5. The maximum absolute atomic E-state index is 13.2. The molecule has 1 saturated heterocycles. The first-order valence-corrected chi connectivity index (χ1v) is 11.7. The van der Waals surface area contributed by atoms with Crippen molar-refractivity contribution in [1.29, 1.82) is 0 Å². The molecule has 0 spiro atoms. The molecule has 4 heterocycles. The fourth-order valence-electron chi connectivity index (χ4n) is 3.72. The summed E-state index contributed by atoms with van der Waals surface area (Å²) in [4.78, 5) is 27.6. The first-order chi connectivity index (χ1) is 16.6. The van der Waals surface area contributed by atoms with E-state index in [0.717, 1.165) is 18.6 Å². The standard InChI is InChI=1S/C22H20F4N6O2S/c1-13-2-4-18(32(13)35(34)19-5-3-16(23)12-28-19)20(33)29-9-14-6-7-27-17(8-14)15-10-30-21(31-11-15)22(24,25)26/h3,5-8,10-13,18H,2,4,9H2,1H3,(H,29,33)/t13-,18-,35?/m0/s1. The second-order valence-corrected chi connectivity index (χ2v) is 9.26. The van der Waals surface area contributed by atoms with Crippen LogP contribution in [0.5, 0.6) is 0 Å². The van der Waals surface area contributed by atoms with E-state index in [1.165, 1.54) is 18.3 Å². The van der Waals surface area contributed by atoms with Gasteiger partial charge in [0.25, 0.3) is 5.03 Å². The summed E-state index contributed by atoms with van der Waals surface area (Å²) in [5, 5.41) is 2.97. The highest BCUT2D eigenvalue weighted by atomic mass is 32.2. The van der Waals surface area contributed by atoms with Crippen molar-refractivity contribution < 1.29 is 26.9 Å². The van der Waals surface area contributed by atoms with Crippen LogP contribution in [0.1, 0.15) is 31.2 Å². The fourth-order valence-corrected chi connectivity index (χ4v) is 5.12. The SMILES string of the molecule is C[C@H]1CC[C@@H](C(=O)NCc2ccnc(-c3cnc(C(F)(F)F)nc3)c2)N1[S+]([O-])c1ccc(F)cn1. The minimum atomic E-state index is -4.64. The number of nitrogens with one attached hydrogen (secondary N) is 1. The summed E-state index contributed by atoms with van der Waals surface area (Å²) in [5.74, 6) is -2.12. The Morgan fingerprint density at radius 3 is 2.54 bits per heavy atom. The minimum absolute atomic E-state index is 0.121. The third-order valence-corrected chi connectivity index (χ3v) is 7.06. The van der Waals surface area contributed by atoms with Gasteiger partial charge in [0.1, 0.15) is 23.2 Å². The predicted octanol–water partition coefficient (Wildman–Crippen LogP) is 3.28. The van der Waals surface area contributed by atoms with Crippen molar-refractivity contribution >= 4 is 17.3 Å². The van der Waals surface area contributed by atoms with Gasteiger partial charge in [-0.3, -0.25) is 9.78 Å². The maximum atomic E-state index is 13.2. The quantitative estimate of drug-likeness (QED) is 0.402. The number of rotatable bonds is 6. The van der Waals surface area contributed by atoms with Gasteiger partial charge in [-0.2, -0.15) is 13.2 Å². The molecule has 0 saturated carbocycles. The van der Waals surface area contributed by atoms with Crippen LogP contribution in [0, 0.1) is 5.82 Å². The van der Waals surface area contributed by atoms with Gasteiger partial charge in [-0.05, 0) is 43.5 Å². The van der Waals surface area contributed by atoms with Gasteiger partial charge in [-0.25, -0.2) is 19.3 Å². The van der Waals surface area contributed by atoms with Gasteiger partial charge < -0.3 is 9.87 Å². The number of carbonyl (C=O) groups is 1. The van der Waals surface area contributed by atoms with E-state index < -0.39 is 35.2 Å². The van der Waals surface area contributed by atoms with Crippen molar-refractivity contribution in [2.75, 3.05) is 0 Å². The molecule has 3 atom stereocenters. The highest BCUT2D eigenvalue weighted by Crippen LogP contribution is 2.31. The molecule has 8 nitrogen and oxygen atoms in total. The molecule has 1 N–H and O–H groups in total. The Balaban J connectivity index is 1.43. The van der Waals surface area contributed by atoms with Crippen LogP contribution in [-0.2, 0) is 28.9 Å². The topological polar surface area (TPSA) is 107 Å². The Hall–Kier alpha value is -3.16. The number of halogens is 4. The molecule has 35 heavy (non-hydrogen) atoms. The lowest BCUT2D eigenvalue weighted by Gasteiger charge is -2.27. The predicted molar refractivity (Wildman–Crippen MR) is 117 cm³/mol. The smallest absolute Gasteiger partial charge is 0.451 e. The highest BCUT2D eigenvalue weighted by molar-refractivity contribution is 7.89. The summed E-state index contributed by atoms with van der Waals surface area (Å²) in [5.41, 5.74) is 1.30. The Labute approximate surface area is 201 Å². The molecule has 1 unspecified atom stereocenters. The average molecular weight is 509 g/mol. The van der Waals surface area contributed by atoms with Crippen molar-refractivity contribution in [2.24, 2.45) is 0 Å². The van der Waals surface area contributed by atoms with Gasteiger partial charge in [0.05, 0.1) is 17.9 Å². The number of nitrogens with zero attached hydrogens (tertiary/aromatic N) is 5. The molecule has 0 bridgehead atoms. The van der Waals surface area contributed by atoms with E-state index in [0.29, 0.717) is 29.7 Å². The van der Waals surface area contributed by atoms with Gasteiger partial charge in [0, 0.05) is 36.8 Å². The molecule has 3 aromatic rings. The summed E-state index contributed by atoms with van der Waals surface area (Å²) in [7, 11) is 0. The second kappa shape index (κ2) is 10.2. The lowest BCUT2D eigenvalue weighted by Crippen LogP contribution is -2.48. The van der Waals surface area contributed by atoms with E-state index >= 15 is 0 Å². The molecule has 0 aliphatic carbocycles. The van der Waals surface area contributed by atoms with E-state index in [-0.39, 0.29) is 23.5 Å². The van der Waals surface area contributed by atoms with Gasteiger partial charge in [0.2, 0.25) is 11.7 Å². The van der Waals surface area contributed by atoms with Crippen LogP contribution in [0.4, 0.5) is 17.6 Å². The number of hydrogen-bond donors (Lipinski definition) is 1. The van der Waals surface area contributed by atoms with Crippen LogP contribution >= 0.6 is 0 Å². The van der Waals surface area contributed by atoms with Crippen molar-refractivity contribution in [3.8, 4) is 11.3 Å². The molecule has 3 aromatic heterocycles. The van der Waals surface area contributed by atoms with Crippen LogP contribution < -0.4 is 5.32 Å². The van der Waals surface area contributed by atoms with E-state index in [4.69, 9.17) is 0 Å². The van der Waals surface area contributed by atoms with Crippen molar-refractivity contribution in [1.82, 2.24) is 29.6 Å². The highest BCUT2D eigenvalue weighted by Gasteiger charge is 2.44.